The number of nitrogens with zero attached hydrogens (tertiary/aromatic N) is 3. The van der Waals surface area contributed by atoms with Gasteiger partial charge in [0.15, 0.2) is 0 Å². The fourth-order valence-electron chi connectivity index (χ4n) is 1.05. The molecule has 0 saturated carbocycles. The smallest absolute Gasteiger partial charge is 0.230 e. The molecule has 14 heavy (non-hydrogen) atoms. The van der Waals surface area contributed by atoms with Crippen LogP contribution < -0.4 is 11.1 Å². The predicted molar refractivity (Wildman–Crippen MR) is 54.0 cm³/mol. The molecule has 0 amide bonds. The molecule has 2 aromatic rings. The second-order valence-electron chi connectivity index (χ2n) is 2.71. The normalized spacial score (nSPS) is 9.71. The highest BCUT2D eigenvalue weighted by Gasteiger charge is 1.95. The molecule has 2 rings (SSSR count). The van der Waals surface area contributed by atoms with Crippen molar-refractivity contribution >= 4 is 17.3 Å². The number of hydrogen-bond acceptors (Lipinski definition) is 5. The van der Waals surface area contributed by atoms with E-state index >= 15 is 0 Å². The minimum absolute atomic E-state index is 0.505. The molecule has 0 spiro atoms. The third kappa shape index (κ3) is 1.95. The Kier molecular flexibility index (Phi) is 2.22. The molecular formula is C9H9N5. The van der Waals surface area contributed by atoms with E-state index in [1.54, 1.807) is 0 Å². The summed E-state index contributed by atoms with van der Waals surface area (Å²) in [5.74, 6) is 0.505. The molecule has 0 bridgehead atoms. The first-order chi connectivity index (χ1) is 6.84. The number of aromatic nitrogens is 3. The molecule has 0 saturated heterocycles. The van der Waals surface area contributed by atoms with Gasteiger partial charge in [-0.1, -0.05) is 6.07 Å². The number of hydrogen-bond donors (Lipinski definition) is 2. The van der Waals surface area contributed by atoms with Crippen LogP contribution in [0.15, 0.2) is 36.9 Å². The summed E-state index contributed by atoms with van der Waals surface area (Å²) in [6, 6.07) is 7.38. The minimum Gasteiger partial charge on any atom is -0.399 e. The van der Waals surface area contributed by atoms with Crippen molar-refractivity contribution in [3.8, 4) is 0 Å². The number of benzene rings is 1. The molecule has 1 aromatic carbocycles. The summed E-state index contributed by atoms with van der Waals surface area (Å²) in [5.41, 5.74) is 7.17. The second kappa shape index (κ2) is 3.69. The van der Waals surface area contributed by atoms with E-state index in [9.17, 15) is 0 Å². The van der Waals surface area contributed by atoms with Crippen LogP contribution in [0, 0.1) is 0 Å². The zero-order valence-electron chi connectivity index (χ0n) is 7.38. The molecule has 5 nitrogen and oxygen atoms in total. The number of nitrogens with two attached hydrogens (primary N) is 1. The van der Waals surface area contributed by atoms with Crippen LogP contribution in [0.3, 0.4) is 0 Å². The maximum Gasteiger partial charge on any atom is 0.230 e. The quantitative estimate of drug-likeness (QED) is 0.691. The van der Waals surface area contributed by atoms with E-state index in [1.807, 2.05) is 24.3 Å². The summed E-state index contributed by atoms with van der Waals surface area (Å²) in [7, 11) is 0. The molecule has 1 heterocycles. The van der Waals surface area contributed by atoms with E-state index in [0.29, 0.717) is 11.6 Å². The number of anilines is 3. The van der Waals surface area contributed by atoms with Crippen LogP contribution in [-0.2, 0) is 0 Å². The zero-order chi connectivity index (χ0) is 9.80. The van der Waals surface area contributed by atoms with Gasteiger partial charge in [0.25, 0.3) is 0 Å². The van der Waals surface area contributed by atoms with E-state index in [4.69, 9.17) is 5.73 Å². The van der Waals surface area contributed by atoms with Crippen molar-refractivity contribution in [2.45, 2.75) is 0 Å². The Bertz CT molecular complexity index is 415. The van der Waals surface area contributed by atoms with E-state index in [2.05, 4.69) is 20.3 Å². The standard InChI is InChI=1S/C9H9N5/c10-7-2-1-3-8(4-7)14-9-12-5-11-6-13-9/h1-6H,10H2,(H,11,12,13,14). The van der Waals surface area contributed by atoms with Crippen molar-refractivity contribution in [3.63, 3.8) is 0 Å². The van der Waals surface area contributed by atoms with Crippen molar-refractivity contribution in [1.29, 1.82) is 0 Å². The number of nitrogen functional groups attached to an aromatic ring is 1. The van der Waals surface area contributed by atoms with E-state index in [0.717, 1.165) is 5.69 Å². The Labute approximate surface area is 81.0 Å². The first-order valence-electron chi connectivity index (χ1n) is 4.09. The molecule has 0 radical (unpaired) electrons. The van der Waals surface area contributed by atoms with Crippen LogP contribution in [0.2, 0.25) is 0 Å². The molecule has 70 valence electrons. The van der Waals surface area contributed by atoms with E-state index in [1.165, 1.54) is 12.7 Å². The summed E-state index contributed by atoms with van der Waals surface area (Å²) in [5, 5.41) is 3.00. The lowest BCUT2D eigenvalue weighted by Crippen LogP contribution is -1.97. The van der Waals surface area contributed by atoms with Gasteiger partial charge in [-0.05, 0) is 18.2 Å². The maximum atomic E-state index is 5.62. The molecular weight excluding hydrogens is 178 g/mol. The van der Waals surface area contributed by atoms with E-state index in [-0.39, 0.29) is 0 Å². The lowest BCUT2D eigenvalue weighted by molar-refractivity contribution is 1.05. The van der Waals surface area contributed by atoms with Gasteiger partial charge < -0.3 is 11.1 Å². The average molecular weight is 187 g/mol. The van der Waals surface area contributed by atoms with Crippen LogP contribution in [0.1, 0.15) is 0 Å². The predicted octanol–water partition coefficient (Wildman–Crippen LogP) is 1.20. The topological polar surface area (TPSA) is 76.7 Å². The first-order valence-corrected chi connectivity index (χ1v) is 4.09. The average Bonchev–Trinajstić information content (AvgIpc) is 2.19. The fraction of sp³-hybridized carbons (Fsp3) is 0. The van der Waals surface area contributed by atoms with Gasteiger partial charge in [0, 0.05) is 11.4 Å². The van der Waals surface area contributed by atoms with Crippen LogP contribution >= 0.6 is 0 Å². The van der Waals surface area contributed by atoms with Crippen molar-refractivity contribution in [2.24, 2.45) is 0 Å². The zero-order valence-corrected chi connectivity index (χ0v) is 7.38. The van der Waals surface area contributed by atoms with Gasteiger partial charge in [-0.25, -0.2) is 15.0 Å². The summed E-state index contributed by atoms with van der Waals surface area (Å²) in [6.45, 7) is 0. The third-order valence-electron chi connectivity index (χ3n) is 1.64. The van der Waals surface area contributed by atoms with Gasteiger partial charge in [-0.3, -0.25) is 0 Å². The van der Waals surface area contributed by atoms with Crippen molar-refractivity contribution in [2.75, 3.05) is 11.1 Å². The molecule has 0 aliphatic heterocycles. The van der Waals surface area contributed by atoms with Gasteiger partial charge in [0.1, 0.15) is 12.7 Å². The molecule has 0 fully saturated rings. The summed E-state index contributed by atoms with van der Waals surface area (Å²) >= 11 is 0. The van der Waals surface area contributed by atoms with Gasteiger partial charge in [-0.15, -0.1) is 0 Å². The second-order valence-corrected chi connectivity index (χ2v) is 2.71. The largest absolute Gasteiger partial charge is 0.399 e. The third-order valence-corrected chi connectivity index (χ3v) is 1.64. The molecule has 0 atom stereocenters. The van der Waals surface area contributed by atoms with E-state index < -0.39 is 0 Å². The SMILES string of the molecule is Nc1cccc(Nc2ncncn2)c1. The van der Waals surface area contributed by atoms with Crippen LogP contribution in [0.4, 0.5) is 17.3 Å². The molecule has 0 aliphatic rings. The molecule has 0 unspecified atom stereocenters. The first kappa shape index (κ1) is 8.43. The van der Waals surface area contributed by atoms with Crippen molar-refractivity contribution in [3.05, 3.63) is 36.9 Å². The highest BCUT2D eigenvalue weighted by atomic mass is 15.1. The fourth-order valence-corrected chi connectivity index (χ4v) is 1.05. The minimum atomic E-state index is 0.505. The Hall–Kier alpha value is -2.17. The van der Waals surface area contributed by atoms with Gasteiger partial charge in [-0.2, -0.15) is 0 Å². The molecule has 5 heteroatoms. The Morgan fingerprint density at radius 1 is 1.14 bits per heavy atom. The highest BCUT2D eigenvalue weighted by molar-refractivity contribution is 5.59. The maximum absolute atomic E-state index is 5.62. The Morgan fingerprint density at radius 2 is 1.93 bits per heavy atom. The van der Waals surface area contributed by atoms with Crippen molar-refractivity contribution < 1.29 is 0 Å². The van der Waals surface area contributed by atoms with Crippen LogP contribution in [0.5, 0.6) is 0 Å². The summed E-state index contributed by atoms with van der Waals surface area (Å²) in [6.07, 6.45) is 2.86. The van der Waals surface area contributed by atoms with Crippen molar-refractivity contribution in [1.82, 2.24) is 15.0 Å². The summed E-state index contributed by atoms with van der Waals surface area (Å²) < 4.78 is 0. The monoisotopic (exact) mass is 187 g/mol. The lowest BCUT2D eigenvalue weighted by atomic mass is 10.3. The highest BCUT2D eigenvalue weighted by Crippen LogP contribution is 2.14. The Balaban J connectivity index is 2.19. The Morgan fingerprint density at radius 3 is 2.64 bits per heavy atom. The summed E-state index contributed by atoms with van der Waals surface area (Å²) in [4.78, 5) is 11.6. The molecule has 1 aromatic heterocycles. The van der Waals surface area contributed by atoms with Crippen LogP contribution in [0.25, 0.3) is 0 Å². The van der Waals surface area contributed by atoms with Gasteiger partial charge >= 0.3 is 0 Å². The lowest BCUT2D eigenvalue weighted by Gasteiger charge is -2.03. The molecule has 0 aliphatic carbocycles. The number of rotatable bonds is 2. The van der Waals surface area contributed by atoms with Gasteiger partial charge in [0.2, 0.25) is 5.95 Å². The number of nitrogens with one attached hydrogen (secondary N) is 1. The van der Waals surface area contributed by atoms with Gasteiger partial charge in [0.05, 0.1) is 0 Å². The molecule has 3 N–H and O–H groups in total. The van der Waals surface area contributed by atoms with Crippen LogP contribution in [-0.4, -0.2) is 15.0 Å².